The van der Waals surface area contributed by atoms with Crippen LogP contribution in [0, 0.1) is 5.82 Å². The maximum absolute atomic E-state index is 13.4. The quantitative estimate of drug-likeness (QED) is 0.677. The van der Waals surface area contributed by atoms with Crippen LogP contribution in [0.5, 0.6) is 0 Å². The van der Waals surface area contributed by atoms with Crippen molar-refractivity contribution in [3.63, 3.8) is 0 Å². The number of carbonyl (C=O) groups is 1. The maximum Gasteiger partial charge on any atom is 0.251 e. The fourth-order valence-corrected chi connectivity index (χ4v) is 3.39. The fourth-order valence-electron chi connectivity index (χ4n) is 3.39. The zero-order valence-corrected chi connectivity index (χ0v) is 15.4. The van der Waals surface area contributed by atoms with Crippen LogP contribution in [0.2, 0.25) is 0 Å². The lowest BCUT2D eigenvalue weighted by molar-refractivity contribution is 0.0938. The van der Waals surface area contributed by atoms with Crippen LogP contribution in [0.25, 0.3) is 11.4 Å². The Morgan fingerprint density at radius 2 is 1.82 bits per heavy atom. The minimum absolute atomic E-state index is 0.0334. The third kappa shape index (κ3) is 4.34. The molecule has 2 N–H and O–H groups in total. The van der Waals surface area contributed by atoms with Gasteiger partial charge in [-0.1, -0.05) is 25.0 Å². The van der Waals surface area contributed by atoms with Gasteiger partial charge in [0, 0.05) is 29.1 Å². The first kappa shape index (κ1) is 18.1. The van der Waals surface area contributed by atoms with Gasteiger partial charge in [0.1, 0.15) is 11.6 Å². The normalized spacial score (nSPS) is 14.0. The highest BCUT2D eigenvalue weighted by Gasteiger charge is 2.17. The molecule has 2 aromatic carbocycles. The molecule has 0 atom stereocenters. The summed E-state index contributed by atoms with van der Waals surface area (Å²) >= 11 is 0. The molecule has 5 nitrogen and oxygen atoms in total. The summed E-state index contributed by atoms with van der Waals surface area (Å²) in [7, 11) is 0. The first-order valence-electron chi connectivity index (χ1n) is 9.44. The third-order valence-corrected chi connectivity index (χ3v) is 4.85. The lowest BCUT2D eigenvalue weighted by Crippen LogP contribution is -2.32. The van der Waals surface area contributed by atoms with Crippen molar-refractivity contribution in [2.45, 2.75) is 31.7 Å². The molecule has 28 heavy (non-hydrogen) atoms. The van der Waals surface area contributed by atoms with Crippen LogP contribution in [0.1, 0.15) is 36.0 Å². The third-order valence-electron chi connectivity index (χ3n) is 4.85. The monoisotopic (exact) mass is 376 g/mol. The summed E-state index contributed by atoms with van der Waals surface area (Å²) in [4.78, 5) is 21.0. The Morgan fingerprint density at radius 1 is 1.04 bits per heavy atom. The minimum Gasteiger partial charge on any atom is -0.349 e. The molecule has 0 radical (unpaired) electrons. The fraction of sp³-hybridized carbons (Fsp3) is 0.227. The van der Waals surface area contributed by atoms with Gasteiger partial charge in [0.25, 0.3) is 5.91 Å². The van der Waals surface area contributed by atoms with Gasteiger partial charge in [0.05, 0.1) is 0 Å². The Kier molecular flexibility index (Phi) is 5.28. The second-order valence-corrected chi connectivity index (χ2v) is 6.93. The summed E-state index contributed by atoms with van der Waals surface area (Å²) in [5.74, 6) is 0.675. The molecule has 1 amide bonds. The lowest BCUT2D eigenvalue weighted by atomic mass is 10.1. The number of hydrogen-bond acceptors (Lipinski definition) is 4. The largest absolute Gasteiger partial charge is 0.349 e. The lowest BCUT2D eigenvalue weighted by Gasteiger charge is -2.12. The molecular formula is C22H21FN4O. The molecule has 1 fully saturated rings. The molecule has 0 spiro atoms. The maximum atomic E-state index is 13.4. The number of hydrogen-bond donors (Lipinski definition) is 2. The average molecular weight is 376 g/mol. The standard InChI is InChI=1S/C22H21FN4O/c23-17-5-3-4-16(14-17)21-24-13-12-20(27-21)25-19-10-8-15(9-11-19)22(28)26-18-6-1-2-7-18/h3-5,8-14,18H,1-2,6-7H2,(H,26,28)(H,24,25,27). The number of halogens is 1. The molecule has 1 aliphatic carbocycles. The smallest absolute Gasteiger partial charge is 0.251 e. The molecule has 6 heteroatoms. The number of aromatic nitrogens is 2. The van der Waals surface area contributed by atoms with Crippen molar-refractivity contribution in [3.8, 4) is 11.4 Å². The summed E-state index contributed by atoms with van der Waals surface area (Å²) < 4.78 is 13.4. The molecule has 1 aromatic heterocycles. The molecule has 0 aliphatic heterocycles. The van der Waals surface area contributed by atoms with Gasteiger partial charge >= 0.3 is 0 Å². The highest BCUT2D eigenvalue weighted by atomic mass is 19.1. The van der Waals surface area contributed by atoms with Gasteiger partial charge < -0.3 is 10.6 Å². The Hall–Kier alpha value is -3.28. The Labute approximate surface area is 163 Å². The van der Waals surface area contributed by atoms with Gasteiger partial charge in [-0.25, -0.2) is 14.4 Å². The summed E-state index contributed by atoms with van der Waals surface area (Å²) in [6.45, 7) is 0. The van der Waals surface area contributed by atoms with E-state index in [-0.39, 0.29) is 11.7 Å². The molecule has 0 bridgehead atoms. The average Bonchev–Trinajstić information content (AvgIpc) is 3.22. The molecule has 3 aromatic rings. The summed E-state index contributed by atoms with van der Waals surface area (Å²) in [6, 6.07) is 15.5. The van der Waals surface area contributed by atoms with Crippen LogP contribution in [-0.4, -0.2) is 21.9 Å². The van der Waals surface area contributed by atoms with E-state index in [1.165, 1.54) is 25.0 Å². The van der Waals surface area contributed by atoms with Crippen LogP contribution >= 0.6 is 0 Å². The summed E-state index contributed by atoms with van der Waals surface area (Å²) in [5, 5.41) is 6.28. The number of nitrogens with one attached hydrogen (secondary N) is 2. The van der Waals surface area contributed by atoms with Crippen LogP contribution < -0.4 is 10.6 Å². The van der Waals surface area contributed by atoms with Crippen molar-refractivity contribution in [1.29, 1.82) is 0 Å². The summed E-state index contributed by atoms with van der Waals surface area (Å²) in [5.41, 5.74) is 2.06. The molecular weight excluding hydrogens is 355 g/mol. The van der Waals surface area contributed by atoms with Gasteiger partial charge in [-0.3, -0.25) is 4.79 Å². The number of amides is 1. The molecule has 0 saturated heterocycles. The number of rotatable bonds is 5. The molecule has 4 rings (SSSR count). The summed E-state index contributed by atoms with van der Waals surface area (Å²) in [6.07, 6.45) is 6.12. The van der Waals surface area contributed by atoms with E-state index in [2.05, 4.69) is 20.6 Å². The van der Waals surface area contributed by atoms with Crippen LogP contribution in [0.3, 0.4) is 0 Å². The number of carbonyl (C=O) groups excluding carboxylic acids is 1. The highest BCUT2D eigenvalue weighted by Crippen LogP contribution is 2.21. The number of anilines is 2. The molecule has 1 aliphatic rings. The van der Waals surface area contributed by atoms with Crippen molar-refractivity contribution in [2.24, 2.45) is 0 Å². The van der Waals surface area contributed by atoms with Crippen molar-refractivity contribution >= 4 is 17.4 Å². The Balaban J connectivity index is 1.44. The Bertz CT molecular complexity index is 968. The van der Waals surface area contributed by atoms with E-state index in [0.29, 0.717) is 28.8 Å². The highest BCUT2D eigenvalue weighted by molar-refractivity contribution is 5.94. The molecule has 0 unspecified atom stereocenters. The van der Waals surface area contributed by atoms with E-state index in [9.17, 15) is 9.18 Å². The Morgan fingerprint density at radius 3 is 2.57 bits per heavy atom. The van der Waals surface area contributed by atoms with E-state index >= 15 is 0 Å². The first-order valence-corrected chi connectivity index (χ1v) is 9.44. The van der Waals surface area contributed by atoms with E-state index in [1.807, 2.05) is 12.1 Å². The van der Waals surface area contributed by atoms with Crippen LogP contribution in [0.4, 0.5) is 15.9 Å². The predicted molar refractivity (Wildman–Crippen MR) is 107 cm³/mol. The molecule has 1 heterocycles. The van der Waals surface area contributed by atoms with E-state index < -0.39 is 0 Å². The molecule has 1 saturated carbocycles. The van der Waals surface area contributed by atoms with E-state index in [1.54, 1.807) is 36.5 Å². The van der Waals surface area contributed by atoms with Gasteiger partial charge in [-0.05, 0) is 55.3 Å². The SMILES string of the molecule is O=C(NC1CCCC1)c1ccc(Nc2ccnc(-c3cccc(F)c3)n2)cc1. The van der Waals surface area contributed by atoms with Crippen molar-refractivity contribution in [1.82, 2.24) is 15.3 Å². The zero-order valence-electron chi connectivity index (χ0n) is 15.4. The van der Waals surface area contributed by atoms with Crippen LogP contribution in [0.15, 0.2) is 60.8 Å². The van der Waals surface area contributed by atoms with Gasteiger partial charge in [-0.2, -0.15) is 0 Å². The second kappa shape index (κ2) is 8.17. The first-order chi connectivity index (χ1) is 13.7. The number of benzene rings is 2. The zero-order chi connectivity index (χ0) is 19.3. The van der Waals surface area contributed by atoms with Crippen molar-refractivity contribution < 1.29 is 9.18 Å². The predicted octanol–water partition coefficient (Wildman–Crippen LogP) is 4.70. The van der Waals surface area contributed by atoms with Gasteiger partial charge in [-0.15, -0.1) is 0 Å². The topological polar surface area (TPSA) is 66.9 Å². The van der Waals surface area contributed by atoms with Crippen LogP contribution in [-0.2, 0) is 0 Å². The van der Waals surface area contributed by atoms with Gasteiger partial charge in [0.2, 0.25) is 0 Å². The minimum atomic E-state index is -0.328. The molecule has 142 valence electrons. The number of nitrogens with zero attached hydrogens (tertiary/aromatic N) is 2. The van der Waals surface area contributed by atoms with Gasteiger partial charge in [0.15, 0.2) is 5.82 Å². The van der Waals surface area contributed by atoms with E-state index in [0.717, 1.165) is 18.5 Å². The van der Waals surface area contributed by atoms with E-state index in [4.69, 9.17) is 0 Å². The van der Waals surface area contributed by atoms with Crippen molar-refractivity contribution in [2.75, 3.05) is 5.32 Å². The van der Waals surface area contributed by atoms with Crippen molar-refractivity contribution in [3.05, 3.63) is 72.2 Å². The second-order valence-electron chi connectivity index (χ2n) is 6.93.